The molecule has 1 aliphatic heterocycles. The largest absolute Gasteiger partial charge is 0.348 e. The zero-order valence-electron chi connectivity index (χ0n) is 12.5. The summed E-state index contributed by atoms with van der Waals surface area (Å²) in [6.07, 6.45) is 0. The number of thioether (sulfide) groups is 1. The summed E-state index contributed by atoms with van der Waals surface area (Å²) in [6, 6.07) is 14.1. The first-order chi connectivity index (χ1) is 12.0. The maximum atomic E-state index is 12.4. The molecule has 0 aromatic heterocycles. The number of anilines is 1. The van der Waals surface area contributed by atoms with Gasteiger partial charge in [-0.3, -0.25) is 4.79 Å². The molecule has 0 unspecified atom stereocenters. The highest BCUT2D eigenvalue weighted by Gasteiger charge is 2.31. The van der Waals surface area contributed by atoms with Gasteiger partial charge >= 0.3 is 0 Å². The highest BCUT2D eigenvalue weighted by molar-refractivity contribution is 8.03. The Hall–Kier alpha value is -1.84. The predicted octanol–water partition coefficient (Wildman–Crippen LogP) is 5.36. The number of carbonyl (C=O) groups is 1. The lowest BCUT2D eigenvalue weighted by molar-refractivity contribution is -0.117. The Morgan fingerprint density at radius 2 is 1.68 bits per heavy atom. The SMILES string of the molecule is N#CC1=C(Nc2ccccc2Cl)S[C@H](c2c(Cl)cccc2Cl)NC1=O. The smallest absolute Gasteiger partial charge is 0.265 e. The van der Waals surface area contributed by atoms with E-state index in [4.69, 9.17) is 34.8 Å². The van der Waals surface area contributed by atoms with Gasteiger partial charge < -0.3 is 10.6 Å². The molecule has 1 atom stereocenters. The molecule has 3 rings (SSSR count). The van der Waals surface area contributed by atoms with E-state index in [2.05, 4.69) is 10.6 Å². The first-order valence-electron chi connectivity index (χ1n) is 7.08. The summed E-state index contributed by atoms with van der Waals surface area (Å²) in [4.78, 5) is 12.4. The molecular weight excluding hydrogens is 401 g/mol. The van der Waals surface area contributed by atoms with Gasteiger partial charge in [0.15, 0.2) is 0 Å². The van der Waals surface area contributed by atoms with Crippen LogP contribution in [0.3, 0.4) is 0 Å². The molecule has 0 saturated heterocycles. The molecule has 4 nitrogen and oxygen atoms in total. The van der Waals surface area contributed by atoms with Crippen LogP contribution in [0.5, 0.6) is 0 Å². The number of rotatable bonds is 3. The average Bonchev–Trinajstić information content (AvgIpc) is 2.57. The van der Waals surface area contributed by atoms with Gasteiger partial charge in [0.05, 0.1) is 15.7 Å². The van der Waals surface area contributed by atoms with E-state index in [1.165, 1.54) is 11.8 Å². The summed E-state index contributed by atoms with van der Waals surface area (Å²) in [5, 5.41) is 16.3. The van der Waals surface area contributed by atoms with Crippen LogP contribution in [-0.2, 0) is 4.79 Å². The van der Waals surface area contributed by atoms with Crippen LogP contribution >= 0.6 is 46.6 Å². The Morgan fingerprint density at radius 3 is 2.32 bits per heavy atom. The van der Waals surface area contributed by atoms with Gasteiger partial charge in [-0.05, 0) is 24.3 Å². The normalized spacial score (nSPS) is 17.0. The number of nitrogens with one attached hydrogen (secondary N) is 2. The topological polar surface area (TPSA) is 64.9 Å². The number of hydrogen-bond acceptors (Lipinski definition) is 4. The van der Waals surface area contributed by atoms with E-state index in [1.807, 2.05) is 6.07 Å². The number of para-hydroxylation sites is 1. The maximum absolute atomic E-state index is 12.4. The van der Waals surface area contributed by atoms with Crippen LogP contribution in [0.25, 0.3) is 0 Å². The lowest BCUT2D eigenvalue weighted by Gasteiger charge is -2.27. The van der Waals surface area contributed by atoms with E-state index in [-0.39, 0.29) is 5.57 Å². The van der Waals surface area contributed by atoms with Crippen molar-refractivity contribution in [3.05, 3.63) is 73.7 Å². The van der Waals surface area contributed by atoms with Gasteiger partial charge in [0, 0.05) is 15.6 Å². The number of carbonyl (C=O) groups excluding carboxylic acids is 1. The second kappa shape index (κ2) is 7.59. The highest BCUT2D eigenvalue weighted by Crippen LogP contribution is 2.43. The van der Waals surface area contributed by atoms with E-state index < -0.39 is 11.3 Å². The zero-order valence-corrected chi connectivity index (χ0v) is 15.6. The standard InChI is InChI=1S/C17H10Cl3N3OS/c18-10-4-1-2-7-13(10)22-16-9(8-21)15(24)23-17(25-16)14-11(19)5-3-6-12(14)20/h1-7,17,22H,(H,23,24)/t17-/m1/s1. The Morgan fingerprint density at radius 1 is 1.04 bits per heavy atom. The third kappa shape index (κ3) is 3.73. The molecule has 2 aromatic carbocycles. The van der Waals surface area contributed by atoms with Crippen molar-refractivity contribution in [3.63, 3.8) is 0 Å². The molecule has 0 saturated carbocycles. The Balaban J connectivity index is 2.00. The monoisotopic (exact) mass is 409 g/mol. The fourth-order valence-corrected chi connectivity index (χ4v) is 4.40. The minimum atomic E-state index is -0.532. The number of halogens is 3. The van der Waals surface area contributed by atoms with Crippen LogP contribution in [0.2, 0.25) is 15.1 Å². The number of nitrogens with zero attached hydrogens (tertiary/aromatic N) is 1. The summed E-state index contributed by atoms with van der Waals surface area (Å²) in [7, 11) is 0. The van der Waals surface area contributed by atoms with Crippen molar-refractivity contribution >= 4 is 58.2 Å². The highest BCUT2D eigenvalue weighted by atomic mass is 35.5. The van der Waals surface area contributed by atoms with Crippen molar-refractivity contribution in [2.24, 2.45) is 0 Å². The van der Waals surface area contributed by atoms with Gasteiger partial charge in [-0.2, -0.15) is 5.26 Å². The van der Waals surface area contributed by atoms with Crippen LogP contribution < -0.4 is 10.6 Å². The maximum Gasteiger partial charge on any atom is 0.265 e. The summed E-state index contributed by atoms with van der Waals surface area (Å²) in [5.74, 6) is -0.503. The van der Waals surface area contributed by atoms with Gasteiger partial charge in [0.25, 0.3) is 5.91 Å². The molecule has 0 aliphatic carbocycles. The van der Waals surface area contributed by atoms with Gasteiger partial charge in [0.1, 0.15) is 17.0 Å². The Labute approximate surface area is 163 Å². The second-order valence-corrected chi connectivity index (χ2v) is 7.36. The van der Waals surface area contributed by atoms with Crippen molar-refractivity contribution in [2.75, 3.05) is 5.32 Å². The van der Waals surface area contributed by atoms with E-state index in [0.717, 1.165) is 0 Å². The van der Waals surface area contributed by atoms with Gasteiger partial charge in [-0.1, -0.05) is 64.8 Å². The minimum absolute atomic E-state index is 0.0238. The van der Waals surface area contributed by atoms with Gasteiger partial charge in [0.2, 0.25) is 0 Å². The molecule has 25 heavy (non-hydrogen) atoms. The molecular formula is C17H10Cl3N3OS. The van der Waals surface area contributed by atoms with Crippen molar-refractivity contribution in [1.82, 2.24) is 5.32 Å². The van der Waals surface area contributed by atoms with E-state index in [9.17, 15) is 10.1 Å². The molecule has 8 heteroatoms. The molecule has 0 fully saturated rings. The molecule has 126 valence electrons. The summed E-state index contributed by atoms with van der Waals surface area (Å²) >= 11 is 19.9. The van der Waals surface area contributed by atoms with E-state index >= 15 is 0 Å². The lowest BCUT2D eigenvalue weighted by atomic mass is 10.2. The van der Waals surface area contributed by atoms with Crippen molar-refractivity contribution < 1.29 is 4.79 Å². The van der Waals surface area contributed by atoms with Gasteiger partial charge in [-0.15, -0.1) is 0 Å². The van der Waals surface area contributed by atoms with Crippen LogP contribution in [0.4, 0.5) is 5.69 Å². The zero-order chi connectivity index (χ0) is 18.0. The fourth-order valence-electron chi connectivity index (χ4n) is 2.27. The van der Waals surface area contributed by atoms with Crippen LogP contribution in [0, 0.1) is 11.3 Å². The summed E-state index contributed by atoms with van der Waals surface area (Å²) in [6.45, 7) is 0. The first-order valence-corrected chi connectivity index (χ1v) is 9.10. The molecule has 1 aliphatic rings. The Bertz CT molecular complexity index is 903. The number of amides is 1. The molecule has 0 radical (unpaired) electrons. The third-order valence-corrected chi connectivity index (χ3v) is 5.57. The minimum Gasteiger partial charge on any atom is -0.348 e. The lowest BCUT2D eigenvalue weighted by Crippen LogP contribution is -2.33. The predicted molar refractivity (Wildman–Crippen MR) is 103 cm³/mol. The molecule has 0 bridgehead atoms. The molecule has 0 spiro atoms. The van der Waals surface area contributed by atoms with Crippen molar-refractivity contribution in [2.45, 2.75) is 5.37 Å². The van der Waals surface area contributed by atoms with Gasteiger partial charge in [-0.25, -0.2) is 0 Å². The molecule has 2 N–H and O–H groups in total. The first kappa shape index (κ1) is 18.0. The fraction of sp³-hybridized carbons (Fsp3) is 0.0588. The van der Waals surface area contributed by atoms with Crippen LogP contribution in [0.1, 0.15) is 10.9 Å². The molecule has 1 heterocycles. The van der Waals surface area contributed by atoms with E-state index in [0.29, 0.717) is 31.3 Å². The Kier molecular flexibility index (Phi) is 5.45. The number of benzene rings is 2. The van der Waals surface area contributed by atoms with Crippen molar-refractivity contribution in [3.8, 4) is 6.07 Å². The molecule has 2 aromatic rings. The second-order valence-electron chi connectivity index (χ2n) is 5.03. The number of nitriles is 1. The molecule has 1 amide bonds. The summed E-state index contributed by atoms with van der Waals surface area (Å²) in [5.41, 5.74) is 1.15. The third-order valence-electron chi connectivity index (χ3n) is 3.45. The number of hydrogen-bond donors (Lipinski definition) is 2. The van der Waals surface area contributed by atoms with Crippen molar-refractivity contribution in [1.29, 1.82) is 5.26 Å². The summed E-state index contributed by atoms with van der Waals surface area (Å²) < 4.78 is 0. The van der Waals surface area contributed by atoms with Crippen LogP contribution in [-0.4, -0.2) is 5.91 Å². The quantitative estimate of drug-likeness (QED) is 0.715. The van der Waals surface area contributed by atoms with E-state index in [1.54, 1.807) is 42.5 Å². The average molecular weight is 411 g/mol. The van der Waals surface area contributed by atoms with Crippen LogP contribution in [0.15, 0.2) is 53.1 Å².